The molecule has 0 amide bonds. The SMILES string of the molecule is C=C/C(=C\C=C/C)CCC(=C)CCc1ccccc1C. The van der Waals surface area contributed by atoms with Crippen molar-refractivity contribution >= 4 is 0 Å². The molecule has 0 heteroatoms. The second kappa shape index (κ2) is 9.14. The first kappa shape index (κ1) is 16.2. The summed E-state index contributed by atoms with van der Waals surface area (Å²) >= 11 is 0. The van der Waals surface area contributed by atoms with Gasteiger partial charge in [0.15, 0.2) is 0 Å². The van der Waals surface area contributed by atoms with Gasteiger partial charge in [-0.2, -0.15) is 0 Å². The summed E-state index contributed by atoms with van der Waals surface area (Å²) in [4.78, 5) is 0. The van der Waals surface area contributed by atoms with Gasteiger partial charge in [0.1, 0.15) is 0 Å². The summed E-state index contributed by atoms with van der Waals surface area (Å²) in [5.41, 5.74) is 5.41. The molecule has 0 aromatic heterocycles. The van der Waals surface area contributed by atoms with Crippen LogP contribution in [0.4, 0.5) is 0 Å². The van der Waals surface area contributed by atoms with Gasteiger partial charge in [0.25, 0.3) is 0 Å². The molecular formula is C20H26. The van der Waals surface area contributed by atoms with Gasteiger partial charge in [-0.1, -0.05) is 67.3 Å². The Labute approximate surface area is 124 Å². The predicted octanol–water partition coefficient (Wildman–Crippen LogP) is 5.95. The van der Waals surface area contributed by atoms with Crippen molar-refractivity contribution in [2.24, 2.45) is 0 Å². The maximum atomic E-state index is 4.21. The molecule has 0 spiro atoms. The third-order valence-corrected chi connectivity index (χ3v) is 3.54. The van der Waals surface area contributed by atoms with Crippen molar-refractivity contribution in [3.63, 3.8) is 0 Å². The maximum Gasteiger partial charge on any atom is -0.0239 e. The van der Waals surface area contributed by atoms with Gasteiger partial charge in [-0.25, -0.2) is 0 Å². The number of aryl methyl sites for hydroxylation is 2. The number of rotatable bonds is 8. The Bertz CT molecular complexity index is 501. The van der Waals surface area contributed by atoms with Crippen LogP contribution in [0.2, 0.25) is 0 Å². The van der Waals surface area contributed by atoms with Crippen LogP contribution in [0.3, 0.4) is 0 Å². The van der Waals surface area contributed by atoms with Gasteiger partial charge in [-0.3, -0.25) is 0 Å². The quantitative estimate of drug-likeness (QED) is 0.403. The zero-order chi connectivity index (χ0) is 14.8. The molecule has 0 atom stereocenters. The lowest BCUT2D eigenvalue weighted by molar-refractivity contribution is 0.839. The van der Waals surface area contributed by atoms with E-state index in [4.69, 9.17) is 0 Å². The van der Waals surface area contributed by atoms with Crippen LogP contribution in [-0.4, -0.2) is 0 Å². The Morgan fingerprint density at radius 3 is 2.55 bits per heavy atom. The van der Waals surface area contributed by atoms with Crippen LogP contribution in [0.5, 0.6) is 0 Å². The number of hydrogen-bond donors (Lipinski definition) is 0. The van der Waals surface area contributed by atoms with E-state index in [9.17, 15) is 0 Å². The molecule has 1 aromatic rings. The molecule has 20 heavy (non-hydrogen) atoms. The summed E-state index contributed by atoms with van der Waals surface area (Å²) in [5.74, 6) is 0. The molecule has 0 nitrogen and oxygen atoms in total. The molecule has 0 unspecified atom stereocenters. The molecule has 0 aliphatic carbocycles. The number of allylic oxidation sites excluding steroid dienone is 6. The van der Waals surface area contributed by atoms with Gasteiger partial charge < -0.3 is 0 Å². The molecule has 106 valence electrons. The highest BCUT2D eigenvalue weighted by atomic mass is 14.1. The lowest BCUT2D eigenvalue weighted by Crippen LogP contribution is -1.92. The van der Waals surface area contributed by atoms with E-state index < -0.39 is 0 Å². The van der Waals surface area contributed by atoms with E-state index in [1.165, 1.54) is 22.3 Å². The molecule has 0 radical (unpaired) electrons. The molecular weight excluding hydrogens is 240 g/mol. The predicted molar refractivity (Wildman–Crippen MR) is 91.0 cm³/mol. The number of benzene rings is 1. The van der Waals surface area contributed by atoms with Gasteiger partial charge >= 0.3 is 0 Å². The van der Waals surface area contributed by atoms with Gasteiger partial charge in [0.2, 0.25) is 0 Å². The number of hydrogen-bond acceptors (Lipinski definition) is 0. The topological polar surface area (TPSA) is 0 Å². The maximum absolute atomic E-state index is 4.21. The Morgan fingerprint density at radius 1 is 1.15 bits per heavy atom. The third-order valence-electron chi connectivity index (χ3n) is 3.54. The molecule has 0 N–H and O–H groups in total. The van der Waals surface area contributed by atoms with E-state index in [1.807, 2.05) is 19.1 Å². The monoisotopic (exact) mass is 266 g/mol. The van der Waals surface area contributed by atoms with Crippen LogP contribution in [0.1, 0.15) is 37.3 Å². The van der Waals surface area contributed by atoms with Crippen molar-refractivity contribution in [2.45, 2.75) is 39.5 Å². The Balaban J connectivity index is 2.41. The average Bonchev–Trinajstić information content (AvgIpc) is 2.46. The van der Waals surface area contributed by atoms with E-state index >= 15 is 0 Å². The highest BCUT2D eigenvalue weighted by molar-refractivity contribution is 5.27. The summed E-state index contributed by atoms with van der Waals surface area (Å²) in [6.45, 7) is 12.3. The molecule has 0 aliphatic rings. The Kier molecular flexibility index (Phi) is 7.42. The average molecular weight is 266 g/mol. The summed E-state index contributed by atoms with van der Waals surface area (Å²) in [5, 5.41) is 0. The third kappa shape index (κ3) is 5.88. The van der Waals surface area contributed by atoms with E-state index in [0.29, 0.717) is 0 Å². The van der Waals surface area contributed by atoms with Crippen LogP contribution in [0, 0.1) is 6.92 Å². The zero-order valence-corrected chi connectivity index (χ0v) is 12.9. The molecule has 1 aromatic carbocycles. The van der Waals surface area contributed by atoms with Crippen molar-refractivity contribution in [1.82, 2.24) is 0 Å². The minimum Gasteiger partial charge on any atom is -0.0998 e. The van der Waals surface area contributed by atoms with Crippen LogP contribution in [0.25, 0.3) is 0 Å². The summed E-state index contributed by atoms with van der Waals surface area (Å²) in [6, 6.07) is 8.59. The van der Waals surface area contributed by atoms with Crippen LogP contribution in [0.15, 0.2) is 72.9 Å². The second-order valence-corrected chi connectivity index (χ2v) is 5.15. The summed E-state index contributed by atoms with van der Waals surface area (Å²) in [6.07, 6.45) is 12.4. The fraction of sp³-hybridized carbons (Fsp3) is 0.300. The first-order valence-corrected chi connectivity index (χ1v) is 7.32. The molecule has 0 saturated carbocycles. The first-order chi connectivity index (χ1) is 9.67. The smallest absolute Gasteiger partial charge is 0.0239 e. The Hall–Kier alpha value is -1.82. The fourth-order valence-corrected chi connectivity index (χ4v) is 2.12. The van der Waals surface area contributed by atoms with Crippen molar-refractivity contribution in [1.29, 1.82) is 0 Å². The molecule has 0 saturated heterocycles. The van der Waals surface area contributed by atoms with Gasteiger partial charge in [0, 0.05) is 0 Å². The van der Waals surface area contributed by atoms with Gasteiger partial charge in [-0.15, -0.1) is 0 Å². The highest BCUT2D eigenvalue weighted by Crippen LogP contribution is 2.18. The van der Waals surface area contributed by atoms with Crippen molar-refractivity contribution in [3.8, 4) is 0 Å². The fourth-order valence-electron chi connectivity index (χ4n) is 2.12. The van der Waals surface area contributed by atoms with Crippen molar-refractivity contribution < 1.29 is 0 Å². The van der Waals surface area contributed by atoms with Crippen molar-refractivity contribution in [2.75, 3.05) is 0 Å². The minimum absolute atomic E-state index is 1.03. The normalized spacial score (nSPS) is 11.8. The second-order valence-electron chi connectivity index (χ2n) is 5.15. The summed E-state index contributed by atoms with van der Waals surface area (Å²) in [7, 11) is 0. The van der Waals surface area contributed by atoms with Crippen molar-refractivity contribution in [3.05, 3.63) is 84.0 Å². The van der Waals surface area contributed by atoms with E-state index in [-0.39, 0.29) is 0 Å². The molecule has 0 bridgehead atoms. The van der Waals surface area contributed by atoms with Gasteiger partial charge in [0.05, 0.1) is 0 Å². The molecule has 0 aliphatic heterocycles. The van der Waals surface area contributed by atoms with E-state index in [1.54, 1.807) is 0 Å². The highest BCUT2D eigenvalue weighted by Gasteiger charge is 2.00. The van der Waals surface area contributed by atoms with Crippen LogP contribution < -0.4 is 0 Å². The zero-order valence-electron chi connectivity index (χ0n) is 12.9. The summed E-state index contributed by atoms with van der Waals surface area (Å²) < 4.78 is 0. The Morgan fingerprint density at radius 2 is 1.90 bits per heavy atom. The molecule has 1 rings (SSSR count). The van der Waals surface area contributed by atoms with E-state index in [0.717, 1.165) is 25.7 Å². The standard InChI is InChI=1S/C20H26/c1-5-7-11-19(6-2)15-13-17(3)14-16-20-12-9-8-10-18(20)4/h5-12H,2-3,13-16H2,1,4H3/b7-5-,19-11+. The lowest BCUT2D eigenvalue weighted by Gasteiger charge is -2.08. The lowest BCUT2D eigenvalue weighted by atomic mass is 9.97. The van der Waals surface area contributed by atoms with Crippen LogP contribution >= 0.6 is 0 Å². The van der Waals surface area contributed by atoms with E-state index in [2.05, 4.69) is 56.5 Å². The minimum atomic E-state index is 1.03. The van der Waals surface area contributed by atoms with Gasteiger partial charge in [-0.05, 0) is 56.2 Å². The first-order valence-electron chi connectivity index (χ1n) is 7.32. The largest absolute Gasteiger partial charge is 0.0998 e. The molecule has 0 heterocycles. The molecule has 0 fully saturated rings. The van der Waals surface area contributed by atoms with Crippen LogP contribution in [-0.2, 0) is 6.42 Å².